The quantitative estimate of drug-likeness (QED) is 0.516. The van der Waals surface area contributed by atoms with Crippen LogP contribution in [0.5, 0.6) is 0 Å². The summed E-state index contributed by atoms with van der Waals surface area (Å²) in [5, 5.41) is 10.6. The number of carbonyl (C=O) groups is 1. The van der Waals surface area contributed by atoms with Crippen molar-refractivity contribution in [3.05, 3.63) is 12.7 Å². The lowest BCUT2D eigenvalue weighted by Crippen LogP contribution is -2.22. The summed E-state index contributed by atoms with van der Waals surface area (Å²) in [5.41, 5.74) is 0. The van der Waals surface area contributed by atoms with Crippen LogP contribution in [-0.2, 0) is 4.79 Å². The van der Waals surface area contributed by atoms with Crippen molar-refractivity contribution in [2.45, 2.75) is 29.5 Å². The van der Waals surface area contributed by atoms with Crippen LogP contribution in [0.4, 0.5) is 13.9 Å². The van der Waals surface area contributed by atoms with Gasteiger partial charge in [0.25, 0.3) is 0 Å². The minimum Gasteiger partial charge on any atom is -0.300 e. The van der Waals surface area contributed by atoms with Crippen LogP contribution in [0.25, 0.3) is 0 Å². The monoisotopic (exact) mass is 305 g/mol. The number of amides is 1. The van der Waals surface area contributed by atoms with Crippen LogP contribution in [0.15, 0.2) is 17.0 Å². The average molecular weight is 305 g/mol. The molecule has 1 aliphatic carbocycles. The lowest BCUT2D eigenvalue weighted by Gasteiger charge is -2.09. The van der Waals surface area contributed by atoms with Crippen molar-refractivity contribution in [3.63, 3.8) is 0 Å². The highest BCUT2D eigenvalue weighted by Crippen LogP contribution is 2.39. The van der Waals surface area contributed by atoms with Crippen molar-refractivity contribution >= 4 is 34.1 Å². The molecule has 19 heavy (non-hydrogen) atoms. The Morgan fingerprint density at radius 1 is 1.63 bits per heavy atom. The van der Waals surface area contributed by atoms with Gasteiger partial charge in [-0.15, -0.1) is 16.8 Å². The molecular formula is C11H13F2N3OS2. The summed E-state index contributed by atoms with van der Waals surface area (Å²) in [6, 6.07) is 0. The molecule has 1 heterocycles. The number of carbonyl (C=O) groups excluding carboxylic acids is 1. The summed E-state index contributed by atoms with van der Waals surface area (Å²) in [4.78, 5) is 11.8. The van der Waals surface area contributed by atoms with Gasteiger partial charge in [0.15, 0.2) is 4.34 Å². The van der Waals surface area contributed by atoms with Gasteiger partial charge in [0.1, 0.15) is 0 Å². The van der Waals surface area contributed by atoms with Crippen molar-refractivity contribution in [1.29, 1.82) is 0 Å². The predicted octanol–water partition coefficient (Wildman–Crippen LogP) is 3.19. The maximum absolute atomic E-state index is 13.0. The van der Waals surface area contributed by atoms with Crippen LogP contribution in [0.2, 0.25) is 0 Å². The first-order chi connectivity index (χ1) is 9.00. The standard InChI is InChI=1S/C11H13F2N3OS2/c1-2-5-18-10-16-15-9(19-10)14-8(17)7-3-4-11(12,13)6-7/h2,7H,1,3-6H2,(H,14,15,17). The van der Waals surface area contributed by atoms with Crippen LogP contribution in [0, 0.1) is 5.92 Å². The first-order valence-electron chi connectivity index (χ1n) is 5.76. The second-order valence-corrected chi connectivity index (χ2v) is 6.50. The molecule has 1 amide bonds. The van der Waals surface area contributed by atoms with Crippen LogP contribution >= 0.6 is 23.1 Å². The van der Waals surface area contributed by atoms with Gasteiger partial charge < -0.3 is 5.32 Å². The zero-order valence-corrected chi connectivity index (χ0v) is 11.7. The molecule has 104 valence electrons. The lowest BCUT2D eigenvalue weighted by molar-refractivity contribution is -0.120. The number of nitrogens with zero attached hydrogens (tertiary/aromatic N) is 2. The SMILES string of the molecule is C=CCSc1nnc(NC(=O)C2CCC(F)(F)C2)s1. The van der Waals surface area contributed by atoms with Gasteiger partial charge >= 0.3 is 0 Å². The van der Waals surface area contributed by atoms with Crippen LogP contribution in [0.1, 0.15) is 19.3 Å². The molecule has 1 aromatic heterocycles. The maximum atomic E-state index is 13.0. The van der Waals surface area contributed by atoms with E-state index in [1.54, 1.807) is 6.08 Å². The Bertz CT molecular complexity index is 478. The second kappa shape index (κ2) is 5.96. The summed E-state index contributed by atoms with van der Waals surface area (Å²) < 4.78 is 26.8. The minimum atomic E-state index is -2.71. The molecule has 0 aromatic carbocycles. The zero-order chi connectivity index (χ0) is 13.9. The Balaban J connectivity index is 1.88. The number of alkyl halides is 2. The molecule has 1 saturated carbocycles. The van der Waals surface area contributed by atoms with E-state index < -0.39 is 17.7 Å². The highest BCUT2D eigenvalue weighted by atomic mass is 32.2. The van der Waals surface area contributed by atoms with Gasteiger partial charge in [0.05, 0.1) is 0 Å². The molecule has 0 bridgehead atoms. The summed E-state index contributed by atoms with van der Waals surface area (Å²) in [6.07, 6.45) is 1.36. The number of anilines is 1. The third-order valence-electron chi connectivity index (χ3n) is 2.74. The van der Waals surface area contributed by atoms with E-state index in [0.29, 0.717) is 15.2 Å². The van der Waals surface area contributed by atoms with Crippen LogP contribution in [0.3, 0.4) is 0 Å². The van der Waals surface area contributed by atoms with Gasteiger partial charge in [0.2, 0.25) is 17.0 Å². The number of halogens is 2. The first-order valence-corrected chi connectivity index (χ1v) is 7.56. The van der Waals surface area contributed by atoms with E-state index in [2.05, 4.69) is 22.1 Å². The molecule has 0 aliphatic heterocycles. The maximum Gasteiger partial charge on any atom is 0.248 e. The van der Waals surface area contributed by atoms with Gasteiger partial charge in [-0.2, -0.15) is 0 Å². The van der Waals surface area contributed by atoms with Gasteiger partial charge in [-0.25, -0.2) is 8.78 Å². The van der Waals surface area contributed by atoms with E-state index in [-0.39, 0.29) is 19.3 Å². The number of hydrogen-bond acceptors (Lipinski definition) is 5. The molecule has 0 radical (unpaired) electrons. The second-order valence-electron chi connectivity index (χ2n) is 4.26. The van der Waals surface area contributed by atoms with Gasteiger partial charge in [-0.05, 0) is 6.42 Å². The van der Waals surface area contributed by atoms with E-state index in [4.69, 9.17) is 0 Å². The molecule has 1 atom stereocenters. The molecule has 1 N–H and O–H groups in total. The molecule has 0 saturated heterocycles. The highest BCUT2D eigenvalue weighted by molar-refractivity contribution is 8.01. The topological polar surface area (TPSA) is 54.9 Å². The molecule has 1 unspecified atom stereocenters. The summed E-state index contributed by atoms with van der Waals surface area (Å²) in [7, 11) is 0. The summed E-state index contributed by atoms with van der Waals surface area (Å²) >= 11 is 2.69. The number of hydrogen-bond donors (Lipinski definition) is 1. The number of aromatic nitrogens is 2. The van der Waals surface area contributed by atoms with E-state index in [0.717, 1.165) is 0 Å². The Hall–Kier alpha value is -1.02. The van der Waals surface area contributed by atoms with Crippen molar-refractivity contribution in [3.8, 4) is 0 Å². The molecule has 4 nitrogen and oxygen atoms in total. The van der Waals surface area contributed by atoms with Gasteiger partial charge in [-0.1, -0.05) is 29.2 Å². The van der Waals surface area contributed by atoms with E-state index in [9.17, 15) is 13.6 Å². The molecule has 1 fully saturated rings. The van der Waals surface area contributed by atoms with Crippen molar-refractivity contribution in [1.82, 2.24) is 10.2 Å². The zero-order valence-electron chi connectivity index (χ0n) is 10.1. The van der Waals surface area contributed by atoms with Crippen molar-refractivity contribution in [2.75, 3.05) is 11.1 Å². The Morgan fingerprint density at radius 3 is 3.05 bits per heavy atom. The van der Waals surface area contributed by atoms with E-state index in [1.165, 1.54) is 23.1 Å². The van der Waals surface area contributed by atoms with E-state index in [1.807, 2.05) is 0 Å². The molecule has 1 aromatic rings. The minimum absolute atomic E-state index is 0.218. The normalized spacial score (nSPS) is 21.3. The predicted molar refractivity (Wildman–Crippen MR) is 71.7 cm³/mol. The summed E-state index contributed by atoms with van der Waals surface area (Å²) in [6.45, 7) is 3.59. The third kappa shape index (κ3) is 3.97. The van der Waals surface area contributed by atoms with Crippen molar-refractivity contribution in [2.24, 2.45) is 5.92 Å². The number of nitrogens with one attached hydrogen (secondary N) is 1. The molecule has 8 heteroatoms. The van der Waals surface area contributed by atoms with E-state index >= 15 is 0 Å². The smallest absolute Gasteiger partial charge is 0.248 e. The largest absolute Gasteiger partial charge is 0.300 e. The van der Waals surface area contributed by atoms with Gasteiger partial charge in [0, 0.05) is 24.5 Å². The molecule has 0 spiro atoms. The number of rotatable bonds is 5. The Morgan fingerprint density at radius 2 is 2.42 bits per heavy atom. The number of thioether (sulfide) groups is 1. The third-order valence-corrected chi connectivity index (χ3v) is 4.70. The fourth-order valence-corrected chi connectivity index (χ4v) is 3.35. The van der Waals surface area contributed by atoms with Crippen LogP contribution < -0.4 is 5.32 Å². The summed E-state index contributed by atoms with van der Waals surface area (Å²) in [5.74, 6) is -3.04. The Labute approximate surface area is 117 Å². The fraction of sp³-hybridized carbons (Fsp3) is 0.545. The molecule has 2 rings (SSSR count). The van der Waals surface area contributed by atoms with Crippen molar-refractivity contribution < 1.29 is 13.6 Å². The Kier molecular flexibility index (Phi) is 4.51. The molecular weight excluding hydrogens is 292 g/mol. The van der Waals surface area contributed by atoms with Crippen LogP contribution in [-0.4, -0.2) is 27.8 Å². The average Bonchev–Trinajstić information content (AvgIpc) is 2.93. The first kappa shape index (κ1) is 14.4. The lowest BCUT2D eigenvalue weighted by atomic mass is 10.1. The van der Waals surface area contributed by atoms with Gasteiger partial charge in [-0.3, -0.25) is 4.79 Å². The molecule has 1 aliphatic rings. The fourth-order valence-electron chi connectivity index (χ4n) is 1.83. The highest BCUT2D eigenvalue weighted by Gasteiger charge is 2.42.